The third-order valence-electron chi connectivity index (χ3n) is 2.85. The predicted octanol–water partition coefficient (Wildman–Crippen LogP) is 2.06. The van der Waals surface area contributed by atoms with Crippen molar-refractivity contribution in [3.63, 3.8) is 0 Å². The van der Waals surface area contributed by atoms with Crippen LogP contribution in [0.15, 0.2) is 35.7 Å². The van der Waals surface area contributed by atoms with Gasteiger partial charge in [0, 0.05) is 6.54 Å². The fourth-order valence-corrected chi connectivity index (χ4v) is 2.66. The monoisotopic (exact) mass is 290 g/mol. The number of hydrogen-bond donors (Lipinski definition) is 1. The number of nitrogens with zero attached hydrogens (tertiary/aromatic N) is 3. The van der Waals surface area contributed by atoms with Crippen molar-refractivity contribution in [1.82, 2.24) is 20.1 Å². The molecule has 1 heterocycles. The summed E-state index contributed by atoms with van der Waals surface area (Å²) in [5, 5.41) is 11.6. The summed E-state index contributed by atoms with van der Waals surface area (Å²) in [6.45, 7) is 4.66. The number of amides is 1. The molecule has 0 saturated heterocycles. The molecule has 2 rings (SSSR count). The number of hydrogen-bond acceptors (Lipinski definition) is 4. The second-order valence-corrected chi connectivity index (χ2v) is 5.15. The molecule has 0 bridgehead atoms. The summed E-state index contributed by atoms with van der Waals surface area (Å²) >= 11 is 1.39. The Morgan fingerprint density at radius 2 is 2.15 bits per heavy atom. The van der Waals surface area contributed by atoms with Crippen LogP contribution >= 0.6 is 11.8 Å². The van der Waals surface area contributed by atoms with Crippen LogP contribution < -0.4 is 5.32 Å². The molecule has 0 aliphatic rings. The van der Waals surface area contributed by atoms with E-state index in [0.29, 0.717) is 12.3 Å². The Balaban J connectivity index is 2.18. The number of thioether (sulfide) groups is 1. The van der Waals surface area contributed by atoms with Crippen molar-refractivity contribution >= 4 is 17.7 Å². The molecule has 1 N–H and O–H groups in total. The summed E-state index contributed by atoms with van der Waals surface area (Å²) in [6.07, 6.45) is 2.63. The van der Waals surface area contributed by atoms with Crippen LogP contribution in [0.1, 0.15) is 19.4 Å². The van der Waals surface area contributed by atoms with E-state index in [1.54, 1.807) is 6.33 Å². The Hall–Kier alpha value is -1.82. The molecule has 1 aromatic heterocycles. The van der Waals surface area contributed by atoms with E-state index in [0.717, 1.165) is 17.3 Å². The fourth-order valence-electron chi connectivity index (χ4n) is 1.91. The van der Waals surface area contributed by atoms with Gasteiger partial charge in [-0.15, -0.1) is 10.2 Å². The molecule has 20 heavy (non-hydrogen) atoms. The molecule has 0 radical (unpaired) electrons. The van der Waals surface area contributed by atoms with Gasteiger partial charge < -0.3 is 5.32 Å². The van der Waals surface area contributed by atoms with Gasteiger partial charge >= 0.3 is 0 Å². The van der Waals surface area contributed by atoms with Gasteiger partial charge in [0.1, 0.15) is 6.33 Å². The van der Waals surface area contributed by atoms with Crippen LogP contribution in [0.25, 0.3) is 5.69 Å². The van der Waals surface area contributed by atoms with Gasteiger partial charge in [-0.2, -0.15) is 0 Å². The van der Waals surface area contributed by atoms with E-state index in [1.807, 2.05) is 29.7 Å². The first-order valence-corrected chi connectivity index (χ1v) is 7.62. The summed E-state index contributed by atoms with van der Waals surface area (Å²) in [5.41, 5.74) is 2.30. The average Bonchev–Trinajstić information content (AvgIpc) is 2.93. The van der Waals surface area contributed by atoms with Crippen molar-refractivity contribution in [2.75, 3.05) is 12.3 Å². The molecule has 5 nitrogen and oxygen atoms in total. The molecule has 0 aliphatic heterocycles. The quantitative estimate of drug-likeness (QED) is 0.827. The molecule has 0 spiro atoms. The van der Waals surface area contributed by atoms with Gasteiger partial charge in [-0.05, 0) is 25.0 Å². The maximum Gasteiger partial charge on any atom is 0.230 e. The Morgan fingerprint density at radius 1 is 1.35 bits per heavy atom. The normalized spacial score (nSPS) is 10.5. The zero-order chi connectivity index (χ0) is 14.4. The number of nitrogens with one attached hydrogen (secondary N) is 1. The van der Waals surface area contributed by atoms with E-state index >= 15 is 0 Å². The topological polar surface area (TPSA) is 59.8 Å². The first-order chi connectivity index (χ1) is 9.76. The summed E-state index contributed by atoms with van der Waals surface area (Å²) in [4.78, 5) is 11.5. The lowest BCUT2D eigenvalue weighted by Crippen LogP contribution is -2.24. The first-order valence-electron chi connectivity index (χ1n) is 6.64. The van der Waals surface area contributed by atoms with Crippen molar-refractivity contribution in [2.24, 2.45) is 0 Å². The zero-order valence-corrected chi connectivity index (χ0v) is 12.5. The number of aryl methyl sites for hydroxylation is 1. The van der Waals surface area contributed by atoms with E-state index in [-0.39, 0.29) is 5.91 Å². The molecule has 1 aromatic carbocycles. The maximum atomic E-state index is 11.5. The third kappa shape index (κ3) is 3.39. The van der Waals surface area contributed by atoms with E-state index < -0.39 is 0 Å². The van der Waals surface area contributed by atoms with Gasteiger partial charge in [0.25, 0.3) is 0 Å². The van der Waals surface area contributed by atoms with Crippen molar-refractivity contribution in [1.29, 1.82) is 0 Å². The lowest BCUT2D eigenvalue weighted by molar-refractivity contribution is -0.118. The molecule has 6 heteroatoms. The molecule has 0 fully saturated rings. The molecule has 1 amide bonds. The molecule has 0 aliphatic carbocycles. The van der Waals surface area contributed by atoms with Gasteiger partial charge in [-0.3, -0.25) is 9.36 Å². The first kappa shape index (κ1) is 14.6. The SMILES string of the molecule is CCNC(=O)CSc1nncn1-c1ccccc1CC. The summed E-state index contributed by atoms with van der Waals surface area (Å²) < 4.78 is 1.93. The van der Waals surface area contributed by atoms with Crippen molar-refractivity contribution < 1.29 is 4.79 Å². The summed E-state index contributed by atoms with van der Waals surface area (Å²) in [6, 6.07) is 8.15. The van der Waals surface area contributed by atoms with Gasteiger partial charge in [-0.1, -0.05) is 36.9 Å². The van der Waals surface area contributed by atoms with Crippen molar-refractivity contribution in [2.45, 2.75) is 25.4 Å². The molecular formula is C14H18N4OS. The van der Waals surface area contributed by atoms with Gasteiger partial charge in [0.05, 0.1) is 11.4 Å². The van der Waals surface area contributed by atoms with E-state index in [4.69, 9.17) is 0 Å². The molecule has 106 valence electrons. The largest absolute Gasteiger partial charge is 0.356 e. The second kappa shape index (κ2) is 7.09. The second-order valence-electron chi connectivity index (χ2n) is 4.21. The Labute approximate surface area is 122 Å². The van der Waals surface area contributed by atoms with E-state index in [2.05, 4.69) is 28.5 Å². The average molecular weight is 290 g/mol. The summed E-state index contributed by atoms with van der Waals surface area (Å²) in [5.74, 6) is 0.358. The van der Waals surface area contributed by atoms with Crippen LogP contribution in [0.3, 0.4) is 0 Å². The number of rotatable bonds is 6. The molecule has 0 unspecified atom stereocenters. The highest BCUT2D eigenvalue weighted by Crippen LogP contribution is 2.22. The minimum absolute atomic E-state index is 0.0100. The third-order valence-corrected chi connectivity index (χ3v) is 3.80. The number of carbonyl (C=O) groups excluding carboxylic acids is 1. The fraction of sp³-hybridized carbons (Fsp3) is 0.357. The smallest absolute Gasteiger partial charge is 0.230 e. The molecule has 2 aromatic rings. The highest BCUT2D eigenvalue weighted by atomic mass is 32.2. The highest BCUT2D eigenvalue weighted by molar-refractivity contribution is 7.99. The van der Waals surface area contributed by atoms with Gasteiger partial charge in [0.2, 0.25) is 5.91 Å². The Morgan fingerprint density at radius 3 is 2.90 bits per heavy atom. The standard InChI is InChI=1S/C14H18N4OS/c1-3-11-7-5-6-8-12(11)18-10-16-17-14(18)20-9-13(19)15-4-2/h5-8,10H,3-4,9H2,1-2H3,(H,15,19). The van der Waals surface area contributed by atoms with Crippen LogP contribution in [0.5, 0.6) is 0 Å². The lowest BCUT2D eigenvalue weighted by Gasteiger charge is -2.10. The minimum Gasteiger partial charge on any atom is -0.356 e. The Bertz CT molecular complexity index is 582. The number of aromatic nitrogens is 3. The van der Waals surface area contributed by atoms with Crippen LogP contribution in [-0.4, -0.2) is 33.0 Å². The minimum atomic E-state index is 0.0100. The van der Waals surface area contributed by atoms with Gasteiger partial charge in [0.15, 0.2) is 5.16 Å². The number of benzene rings is 1. The van der Waals surface area contributed by atoms with Crippen molar-refractivity contribution in [3.8, 4) is 5.69 Å². The van der Waals surface area contributed by atoms with Crippen LogP contribution in [0.2, 0.25) is 0 Å². The van der Waals surface area contributed by atoms with Crippen molar-refractivity contribution in [3.05, 3.63) is 36.2 Å². The lowest BCUT2D eigenvalue weighted by atomic mass is 10.1. The van der Waals surface area contributed by atoms with Crippen LogP contribution in [0.4, 0.5) is 0 Å². The molecule has 0 saturated carbocycles. The predicted molar refractivity (Wildman–Crippen MR) is 80.1 cm³/mol. The Kier molecular flexibility index (Phi) is 5.17. The number of para-hydroxylation sites is 1. The van der Waals surface area contributed by atoms with Crippen LogP contribution in [-0.2, 0) is 11.2 Å². The van der Waals surface area contributed by atoms with Crippen LogP contribution in [0, 0.1) is 0 Å². The van der Waals surface area contributed by atoms with Gasteiger partial charge in [-0.25, -0.2) is 0 Å². The summed E-state index contributed by atoms with van der Waals surface area (Å²) in [7, 11) is 0. The number of carbonyl (C=O) groups is 1. The van der Waals surface area contributed by atoms with E-state index in [1.165, 1.54) is 17.3 Å². The maximum absolute atomic E-state index is 11.5. The highest BCUT2D eigenvalue weighted by Gasteiger charge is 2.11. The van der Waals surface area contributed by atoms with E-state index in [9.17, 15) is 4.79 Å². The molecule has 0 atom stereocenters. The zero-order valence-electron chi connectivity index (χ0n) is 11.7. The molecular weight excluding hydrogens is 272 g/mol.